The molecule has 10 heteroatoms. The van der Waals surface area contributed by atoms with E-state index in [0.29, 0.717) is 17.5 Å². The van der Waals surface area contributed by atoms with E-state index in [9.17, 15) is 29.4 Å². The van der Waals surface area contributed by atoms with Gasteiger partial charge in [-0.25, -0.2) is 9.59 Å². The van der Waals surface area contributed by atoms with Gasteiger partial charge < -0.3 is 25.4 Å². The highest BCUT2D eigenvalue weighted by Gasteiger charge is 2.33. The quantitative estimate of drug-likeness (QED) is 0.260. The van der Waals surface area contributed by atoms with Crippen molar-refractivity contribution in [1.29, 1.82) is 0 Å². The largest absolute Gasteiger partial charge is 0.506 e. The van der Waals surface area contributed by atoms with Crippen LogP contribution in [0.5, 0.6) is 5.75 Å². The molecule has 4 N–H and O–H groups in total. The zero-order chi connectivity index (χ0) is 26.4. The van der Waals surface area contributed by atoms with Crippen LogP contribution in [0.2, 0.25) is 5.02 Å². The summed E-state index contributed by atoms with van der Waals surface area (Å²) in [6.07, 6.45) is 3.06. The fraction of sp³-hybridized carbons (Fsp3) is 0.385. The minimum atomic E-state index is -1.29. The first-order valence-corrected chi connectivity index (χ1v) is 12.0. The number of aryl methyl sites for hydroxylation is 1. The van der Waals surface area contributed by atoms with Gasteiger partial charge in [-0.1, -0.05) is 42.3 Å². The van der Waals surface area contributed by atoms with Crippen molar-refractivity contribution in [2.45, 2.75) is 64.0 Å². The summed E-state index contributed by atoms with van der Waals surface area (Å²) in [4.78, 5) is 47.5. The van der Waals surface area contributed by atoms with E-state index in [1.54, 1.807) is 19.1 Å². The number of benzene rings is 2. The topological polar surface area (TPSA) is 150 Å². The molecule has 1 heterocycles. The number of nitrogens with one attached hydrogen (secondary N) is 1. The summed E-state index contributed by atoms with van der Waals surface area (Å²) in [5.41, 5.74) is 1.61. The van der Waals surface area contributed by atoms with E-state index in [2.05, 4.69) is 5.32 Å². The Bertz CT molecular complexity index is 1160. The lowest BCUT2D eigenvalue weighted by Gasteiger charge is -2.24. The molecular weight excluding hydrogens is 490 g/mol. The SMILES string of the molecule is CC1Cc2c(Cl)cc(C(=O)N[C@@H](Cc3ccc(CCCCCC(=O)O)cc3)C(=O)O)c(O)c2C(=O)O1. The molecule has 0 spiro atoms. The number of unbranched alkanes of at least 4 members (excludes halogenated alkanes) is 2. The predicted octanol–water partition coefficient (Wildman–Crippen LogP) is 3.76. The molecular formula is C26H28ClNO8. The minimum Gasteiger partial charge on any atom is -0.506 e. The van der Waals surface area contributed by atoms with Crippen LogP contribution in [0, 0.1) is 0 Å². The summed E-state index contributed by atoms with van der Waals surface area (Å²) in [5, 5.41) is 31.4. The van der Waals surface area contributed by atoms with E-state index >= 15 is 0 Å². The van der Waals surface area contributed by atoms with E-state index in [1.165, 1.54) is 6.07 Å². The van der Waals surface area contributed by atoms with E-state index in [0.717, 1.165) is 24.8 Å². The number of cyclic esters (lactones) is 1. The number of aliphatic carboxylic acids is 2. The lowest BCUT2D eigenvalue weighted by atomic mass is 9.95. The van der Waals surface area contributed by atoms with Crippen LogP contribution in [0.3, 0.4) is 0 Å². The van der Waals surface area contributed by atoms with Crippen molar-refractivity contribution in [1.82, 2.24) is 5.32 Å². The molecule has 0 bridgehead atoms. The number of carboxylic acid groups (broad SMARTS) is 2. The summed E-state index contributed by atoms with van der Waals surface area (Å²) in [6.45, 7) is 1.68. The van der Waals surface area contributed by atoms with Crippen molar-refractivity contribution in [2.75, 3.05) is 0 Å². The number of hydrogen-bond acceptors (Lipinski definition) is 6. The van der Waals surface area contributed by atoms with Crippen LogP contribution in [0.25, 0.3) is 0 Å². The Morgan fingerprint density at radius 2 is 1.78 bits per heavy atom. The number of halogens is 1. The molecule has 1 amide bonds. The van der Waals surface area contributed by atoms with Crippen molar-refractivity contribution in [2.24, 2.45) is 0 Å². The fourth-order valence-electron chi connectivity index (χ4n) is 4.14. The van der Waals surface area contributed by atoms with Crippen LogP contribution < -0.4 is 5.32 Å². The Kier molecular flexibility index (Phi) is 8.93. The number of phenolic OH excluding ortho intramolecular Hbond substituents is 1. The van der Waals surface area contributed by atoms with Gasteiger partial charge in [-0.15, -0.1) is 0 Å². The average molecular weight is 518 g/mol. The summed E-state index contributed by atoms with van der Waals surface area (Å²) >= 11 is 6.26. The number of ether oxygens (including phenoxy) is 1. The first-order valence-electron chi connectivity index (χ1n) is 11.7. The second-order valence-corrected chi connectivity index (χ2v) is 9.27. The van der Waals surface area contributed by atoms with Gasteiger partial charge in [0.1, 0.15) is 23.5 Å². The van der Waals surface area contributed by atoms with Crippen LogP contribution >= 0.6 is 11.6 Å². The van der Waals surface area contributed by atoms with Gasteiger partial charge in [0.2, 0.25) is 0 Å². The molecule has 0 aromatic heterocycles. The van der Waals surface area contributed by atoms with E-state index in [1.807, 2.05) is 12.1 Å². The molecule has 0 saturated heterocycles. The van der Waals surface area contributed by atoms with Gasteiger partial charge in [-0.3, -0.25) is 9.59 Å². The maximum atomic E-state index is 12.9. The van der Waals surface area contributed by atoms with Gasteiger partial charge in [0.05, 0.1) is 5.56 Å². The molecule has 1 aliphatic heterocycles. The van der Waals surface area contributed by atoms with Crippen molar-refractivity contribution < 1.29 is 39.2 Å². The van der Waals surface area contributed by atoms with Crippen molar-refractivity contribution in [3.05, 3.63) is 63.2 Å². The van der Waals surface area contributed by atoms with Gasteiger partial charge in [0, 0.05) is 24.3 Å². The Morgan fingerprint density at radius 1 is 1.11 bits per heavy atom. The van der Waals surface area contributed by atoms with Gasteiger partial charge in [-0.05, 0) is 48.9 Å². The van der Waals surface area contributed by atoms with Crippen molar-refractivity contribution in [3.8, 4) is 5.75 Å². The normalized spacial score (nSPS) is 15.5. The second kappa shape index (κ2) is 11.9. The van der Waals surface area contributed by atoms with Crippen molar-refractivity contribution in [3.63, 3.8) is 0 Å². The third kappa shape index (κ3) is 6.75. The lowest BCUT2D eigenvalue weighted by Crippen LogP contribution is -2.42. The fourth-order valence-corrected chi connectivity index (χ4v) is 4.42. The molecule has 0 fully saturated rings. The first kappa shape index (κ1) is 27.0. The molecule has 2 atom stereocenters. The lowest BCUT2D eigenvalue weighted by molar-refractivity contribution is -0.139. The maximum Gasteiger partial charge on any atom is 0.342 e. The summed E-state index contributed by atoms with van der Waals surface area (Å²) in [7, 11) is 0. The maximum absolute atomic E-state index is 12.9. The van der Waals surface area contributed by atoms with Crippen LogP contribution in [0.15, 0.2) is 30.3 Å². The highest BCUT2D eigenvalue weighted by molar-refractivity contribution is 6.32. The van der Waals surface area contributed by atoms with Gasteiger partial charge >= 0.3 is 17.9 Å². The summed E-state index contributed by atoms with van der Waals surface area (Å²) < 4.78 is 5.13. The average Bonchev–Trinajstić information content (AvgIpc) is 2.81. The molecule has 0 saturated carbocycles. The summed E-state index contributed by atoms with van der Waals surface area (Å²) in [6, 6.07) is 7.23. The van der Waals surface area contributed by atoms with Crippen LogP contribution in [0.1, 0.15) is 70.0 Å². The first-order chi connectivity index (χ1) is 17.1. The molecule has 1 unspecified atom stereocenters. The van der Waals surface area contributed by atoms with E-state index in [4.69, 9.17) is 21.4 Å². The molecule has 2 aromatic rings. The smallest absolute Gasteiger partial charge is 0.342 e. The number of esters is 1. The predicted molar refractivity (Wildman–Crippen MR) is 131 cm³/mol. The zero-order valence-electron chi connectivity index (χ0n) is 19.8. The number of fused-ring (bicyclic) bond motifs is 1. The Balaban J connectivity index is 1.66. The Morgan fingerprint density at radius 3 is 2.42 bits per heavy atom. The van der Waals surface area contributed by atoms with Gasteiger partial charge in [0.25, 0.3) is 5.91 Å². The van der Waals surface area contributed by atoms with Crippen LogP contribution in [-0.4, -0.2) is 51.3 Å². The monoisotopic (exact) mass is 517 g/mol. The van der Waals surface area contributed by atoms with Gasteiger partial charge in [0.15, 0.2) is 0 Å². The summed E-state index contributed by atoms with van der Waals surface area (Å²) in [5.74, 6) is -4.34. The standard InChI is InChI=1S/C26H28ClNO8/c1-14-11-17-19(27)13-18(23(31)22(17)26(35)36-14)24(32)28-20(25(33)34)12-16-9-7-15(8-10-16)5-3-2-4-6-21(29)30/h7-10,13-14,20,31H,2-6,11-12H2,1H3,(H,28,32)(H,29,30)(H,33,34)/t14?,20-/m0/s1. The number of carbonyl (C=O) groups is 4. The Labute approximate surface area is 213 Å². The number of carboxylic acids is 2. The third-order valence-corrected chi connectivity index (χ3v) is 6.36. The van der Waals surface area contributed by atoms with Crippen molar-refractivity contribution >= 4 is 35.4 Å². The highest BCUT2D eigenvalue weighted by atomic mass is 35.5. The van der Waals surface area contributed by atoms with E-state index in [-0.39, 0.29) is 35.4 Å². The molecule has 9 nitrogen and oxygen atoms in total. The molecule has 0 radical (unpaired) electrons. The number of rotatable bonds is 11. The number of amides is 1. The molecule has 1 aliphatic rings. The van der Waals surface area contributed by atoms with Crippen LogP contribution in [0.4, 0.5) is 0 Å². The second-order valence-electron chi connectivity index (χ2n) is 8.87. The molecule has 36 heavy (non-hydrogen) atoms. The molecule has 2 aromatic carbocycles. The number of carbonyl (C=O) groups excluding carboxylic acids is 2. The number of phenols is 1. The number of hydrogen-bond donors (Lipinski definition) is 4. The third-order valence-electron chi connectivity index (χ3n) is 6.02. The zero-order valence-corrected chi connectivity index (χ0v) is 20.5. The Hall–Kier alpha value is -3.59. The number of aromatic hydroxyl groups is 1. The molecule has 0 aliphatic carbocycles. The molecule has 3 rings (SSSR count). The van der Waals surface area contributed by atoms with Gasteiger partial charge in [-0.2, -0.15) is 0 Å². The van der Waals surface area contributed by atoms with E-state index < -0.39 is 41.7 Å². The van der Waals surface area contributed by atoms with Crippen LogP contribution in [-0.2, 0) is 33.6 Å². The highest BCUT2D eigenvalue weighted by Crippen LogP contribution is 2.36. The molecule has 192 valence electrons. The minimum absolute atomic E-state index is 0.00104.